The summed E-state index contributed by atoms with van der Waals surface area (Å²) in [6, 6.07) is 7.51. The molecule has 1 aromatic rings. The summed E-state index contributed by atoms with van der Waals surface area (Å²) in [4.78, 5) is 13.0. The van der Waals surface area contributed by atoms with E-state index in [0.717, 1.165) is 17.1 Å². The van der Waals surface area contributed by atoms with Gasteiger partial charge in [0.2, 0.25) is 0 Å². The Morgan fingerprint density at radius 3 is 2.64 bits per heavy atom. The maximum atomic E-state index is 11.8. The Balaban J connectivity index is 2.28. The summed E-state index contributed by atoms with van der Waals surface area (Å²) in [5, 5.41) is 9.86. The molecule has 0 spiro atoms. The van der Waals surface area contributed by atoms with Gasteiger partial charge in [-0.3, -0.25) is 10.2 Å². The topological polar surface area (TPSA) is 87.4 Å². The van der Waals surface area contributed by atoms with Crippen LogP contribution in [0.2, 0.25) is 0 Å². The van der Waals surface area contributed by atoms with Crippen LogP contribution in [0, 0.1) is 0 Å². The van der Waals surface area contributed by atoms with Crippen LogP contribution in [0.3, 0.4) is 0 Å². The van der Waals surface area contributed by atoms with E-state index in [0.29, 0.717) is 13.0 Å². The minimum absolute atomic E-state index is 0.491. The molecule has 5 nitrogen and oxygen atoms in total. The maximum Gasteiger partial charge on any atom is 0.264 e. The van der Waals surface area contributed by atoms with Gasteiger partial charge in [0.25, 0.3) is 5.91 Å². The van der Waals surface area contributed by atoms with Gasteiger partial charge in [-0.1, -0.05) is 19.1 Å². The molecule has 2 atom stereocenters. The first-order valence-electron chi connectivity index (χ1n) is 7.25. The second-order valence-electron chi connectivity index (χ2n) is 4.79. The Kier molecular flexibility index (Phi) is 9.58. The van der Waals surface area contributed by atoms with E-state index in [2.05, 4.69) is 17.8 Å². The van der Waals surface area contributed by atoms with Gasteiger partial charge in [0.05, 0.1) is 0 Å². The maximum absolute atomic E-state index is 11.8. The number of benzene rings is 1. The molecule has 0 saturated heterocycles. The average Bonchev–Trinajstić information content (AvgIpc) is 2.54. The molecule has 0 aromatic heterocycles. The van der Waals surface area contributed by atoms with E-state index < -0.39 is 18.1 Å². The molecule has 0 fully saturated rings. The number of hydrazine groups is 1. The van der Waals surface area contributed by atoms with Crippen molar-refractivity contribution >= 4 is 29.4 Å². The first-order valence-corrected chi connectivity index (χ1v) is 9.63. The summed E-state index contributed by atoms with van der Waals surface area (Å²) in [6.45, 7) is 2.56. The first-order chi connectivity index (χ1) is 10.6. The third kappa shape index (κ3) is 7.02. The fourth-order valence-electron chi connectivity index (χ4n) is 1.77. The van der Waals surface area contributed by atoms with Crippen molar-refractivity contribution < 1.29 is 9.90 Å². The largest absolute Gasteiger partial charge is 0.382 e. The predicted molar refractivity (Wildman–Crippen MR) is 94.8 cm³/mol. The third-order valence-corrected chi connectivity index (χ3v) is 4.81. The minimum atomic E-state index is -1.19. The lowest BCUT2D eigenvalue weighted by Crippen LogP contribution is -2.50. The Morgan fingerprint density at radius 1 is 1.36 bits per heavy atom. The van der Waals surface area contributed by atoms with E-state index in [1.54, 1.807) is 23.5 Å². The molecular weight excluding hydrogens is 318 g/mol. The van der Waals surface area contributed by atoms with Crippen LogP contribution in [0.4, 0.5) is 0 Å². The number of thioether (sulfide) groups is 2. The highest BCUT2D eigenvalue weighted by Crippen LogP contribution is 2.14. The van der Waals surface area contributed by atoms with Crippen molar-refractivity contribution in [2.24, 2.45) is 5.73 Å². The fourth-order valence-corrected chi connectivity index (χ4v) is 2.90. The molecule has 7 heteroatoms. The second kappa shape index (κ2) is 10.9. The van der Waals surface area contributed by atoms with E-state index in [-0.39, 0.29) is 0 Å². The number of carbonyl (C=O) groups is 1. The van der Waals surface area contributed by atoms with Crippen LogP contribution in [-0.4, -0.2) is 40.9 Å². The normalized spacial score (nSPS) is 13.6. The summed E-state index contributed by atoms with van der Waals surface area (Å²) in [6.07, 6.45) is 1.45. The quantitative estimate of drug-likeness (QED) is 0.291. The number of rotatable bonds is 10. The molecule has 0 heterocycles. The summed E-state index contributed by atoms with van der Waals surface area (Å²) in [5.41, 5.74) is 12.2. The Bertz CT molecular complexity index is 443. The van der Waals surface area contributed by atoms with E-state index in [1.807, 2.05) is 30.5 Å². The smallest absolute Gasteiger partial charge is 0.264 e. The highest BCUT2D eigenvalue weighted by molar-refractivity contribution is 7.99. The monoisotopic (exact) mass is 343 g/mol. The van der Waals surface area contributed by atoms with Gasteiger partial charge in [-0.2, -0.15) is 11.8 Å². The molecule has 0 saturated carbocycles. The average molecular weight is 344 g/mol. The van der Waals surface area contributed by atoms with Gasteiger partial charge in [0.1, 0.15) is 6.10 Å². The summed E-state index contributed by atoms with van der Waals surface area (Å²) < 4.78 is 0. The number of nitrogens with two attached hydrogens (primary N) is 1. The zero-order valence-electron chi connectivity index (χ0n) is 13.0. The molecule has 5 N–H and O–H groups in total. The molecule has 0 aliphatic rings. The number of carbonyl (C=O) groups excluding carboxylic acids is 1. The van der Waals surface area contributed by atoms with Gasteiger partial charge in [0, 0.05) is 17.5 Å². The van der Waals surface area contributed by atoms with Gasteiger partial charge < -0.3 is 10.8 Å². The third-order valence-electron chi connectivity index (χ3n) is 3.14. The fraction of sp³-hybridized carbons (Fsp3) is 0.533. The molecule has 124 valence electrons. The molecule has 1 rings (SSSR count). The number of nitrogens with one attached hydrogen (secondary N) is 2. The van der Waals surface area contributed by atoms with Crippen molar-refractivity contribution in [3.8, 4) is 0 Å². The molecule has 0 aliphatic heterocycles. The van der Waals surface area contributed by atoms with E-state index in [1.165, 1.54) is 4.90 Å². The highest BCUT2D eigenvalue weighted by Gasteiger charge is 2.22. The predicted octanol–water partition coefficient (Wildman–Crippen LogP) is 1.36. The highest BCUT2D eigenvalue weighted by atomic mass is 32.2. The lowest BCUT2D eigenvalue weighted by molar-refractivity contribution is -0.131. The van der Waals surface area contributed by atoms with Gasteiger partial charge in [-0.25, -0.2) is 5.43 Å². The number of aliphatic hydroxyl groups excluding tert-OH is 1. The van der Waals surface area contributed by atoms with Crippen LogP contribution >= 0.6 is 23.5 Å². The first kappa shape index (κ1) is 19.3. The van der Waals surface area contributed by atoms with Crippen LogP contribution < -0.4 is 16.6 Å². The standard InChI is InChI=1S/C15H25N3O2S2/c1-3-22-9-8-13(16)14(19)15(20)18-17-10-11-4-6-12(21-2)7-5-11/h4-7,13-14,17,19H,3,8-10,16H2,1-2H3,(H,18,20). The van der Waals surface area contributed by atoms with Crippen LogP contribution in [0.25, 0.3) is 0 Å². The lowest BCUT2D eigenvalue weighted by Gasteiger charge is -2.18. The van der Waals surface area contributed by atoms with Gasteiger partial charge in [0.15, 0.2) is 0 Å². The minimum Gasteiger partial charge on any atom is -0.382 e. The van der Waals surface area contributed by atoms with Gasteiger partial charge in [-0.15, -0.1) is 11.8 Å². The van der Waals surface area contributed by atoms with Crippen molar-refractivity contribution in [2.75, 3.05) is 17.8 Å². The Labute approximate surface area is 140 Å². The molecule has 22 heavy (non-hydrogen) atoms. The Hall–Kier alpha value is -0.730. The molecule has 0 radical (unpaired) electrons. The second-order valence-corrected chi connectivity index (χ2v) is 7.06. The van der Waals surface area contributed by atoms with Crippen molar-refractivity contribution in [3.05, 3.63) is 29.8 Å². The zero-order chi connectivity index (χ0) is 16.4. The molecule has 2 unspecified atom stereocenters. The summed E-state index contributed by atoms with van der Waals surface area (Å²) >= 11 is 3.43. The number of aliphatic hydroxyl groups is 1. The number of hydrogen-bond acceptors (Lipinski definition) is 6. The zero-order valence-corrected chi connectivity index (χ0v) is 14.7. The molecule has 1 aromatic carbocycles. The lowest BCUT2D eigenvalue weighted by atomic mass is 10.1. The van der Waals surface area contributed by atoms with E-state index >= 15 is 0 Å². The number of hydrogen-bond donors (Lipinski definition) is 4. The van der Waals surface area contributed by atoms with Crippen LogP contribution in [-0.2, 0) is 11.3 Å². The van der Waals surface area contributed by atoms with E-state index in [4.69, 9.17) is 5.73 Å². The van der Waals surface area contributed by atoms with Crippen LogP contribution in [0.1, 0.15) is 18.9 Å². The van der Waals surface area contributed by atoms with Crippen LogP contribution in [0.5, 0.6) is 0 Å². The molecule has 1 amide bonds. The van der Waals surface area contributed by atoms with Gasteiger partial charge >= 0.3 is 0 Å². The van der Waals surface area contributed by atoms with Crippen molar-refractivity contribution in [3.63, 3.8) is 0 Å². The molecule has 0 aliphatic carbocycles. The number of amides is 1. The molecule has 0 bridgehead atoms. The van der Waals surface area contributed by atoms with Crippen molar-refractivity contribution in [1.29, 1.82) is 0 Å². The van der Waals surface area contributed by atoms with E-state index in [9.17, 15) is 9.90 Å². The SMILES string of the molecule is CCSCCC(N)C(O)C(=O)NNCc1ccc(SC)cc1. The van der Waals surface area contributed by atoms with Crippen LogP contribution in [0.15, 0.2) is 29.2 Å². The summed E-state index contributed by atoms with van der Waals surface area (Å²) in [7, 11) is 0. The Morgan fingerprint density at radius 2 is 2.05 bits per heavy atom. The van der Waals surface area contributed by atoms with Gasteiger partial charge in [-0.05, 0) is 41.9 Å². The van der Waals surface area contributed by atoms with Crippen molar-refractivity contribution in [1.82, 2.24) is 10.9 Å². The molecular formula is C15H25N3O2S2. The summed E-state index contributed by atoms with van der Waals surface area (Å²) in [5.74, 6) is 1.36. The van der Waals surface area contributed by atoms with Crippen molar-refractivity contribution in [2.45, 2.75) is 36.9 Å².